The molecule has 0 saturated heterocycles. The molecule has 0 aliphatic heterocycles. The summed E-state index contributed by atoms with van der Waals surface area (Å²) in [5.41, 5.74) is 7.48. The molecular formula is C12H11N3O2S. The number of thiocarbonyl (C=S) groups is 1. The molecule has 1 heterocycles. The lowest BCUT2D eigenvalue weighted by molar-refractivity contribution is 0.0942. The highest BCUT2D eigenvalue weighted by Crippen LogP contribution is 2.05. The van der Waals surface area contributed by atoms with Gasteiger partial charge in [-0.05, 0) is 11.6 Å². The van der Waals surface area contributed by atoms with Gasteiger partial charge in [0.15, 0.2) is 5.69 Å². The molecule has 18 heavy (non-hydrogen) atoms. The molecule has 2 aromatic rings. The summed E-state index contributed by atoms with van der Waals surface area (Å²) in [5.74, 6) is -0.288. The molecule has 0 radical (unpaired) electrons. The van der Waals surface area contributed by atoms with Crippen molar-refractivity contribution in [3.05, 3.63) is 53.4 Å². The lowest BCUT2D eigenvalue weighted by Gasteiger charge is -2.05. The first-order valence-electron chi connectivity index (χ1n) is 5.24. The molecule has 3 N–H and O–H groups in total. The number of carbonyl (C=O) groups excluding carboxylic acids is 1. The predicted octanol–water partition coefficient (Wildman–Crippen LogP) is 1.24. The van der Waals surface area contributed by atoms with Gasteiger partial charge in [0, 0.05) is 18.2 Å². The summed E-state index contributed by atoms with van der Waals surface area (Å²) < 4.78 is 4.59. The van der Waals surface area contributed by atoms with E-state index in [1.807, 2.05) is 24.3 Å². The van der Waals surface area contributed by atoms with Crippen LogP contribution in [0, 0.1) is 0 Å². The first-order valence-corrected chi connectivity index (χ1v) is 5.65. The molecule has 0 aliphatic rings. The smallest absolute Gasteiger partial charge is 0.273 e. The summed E-state index contributed by atoms with van der Waals surface area (Å²) in [7, 11) is 0. The normalized spacial score (nSPS) is 10.0. The molecule has 2 rings (SSSR count). The molecule has 0 saturated carbocycles. The van der Waals surface area contributed by atoms with E-state index in [9.17, 15) is 4.79 Å². The highest BCUT2D eigenvalue weighted by atomic mass is 32.1. The SMILES string of the molecule is NC(=S)c1cccc(CNC(=O)c2ccon2)c1. The van der Waals surface area contributed by atoms with Gasteiger partial charge in [-0.2, -0.15) is 0 Å². The van der Waals surface area contributed by atoms with Crippen LogP contribution in [-0.2, 0) is 6.54 Å². The average Bonchev–Trinajstić information content (AvgIpc) is 2.90. The molecule has 0 aliphatic carbocycles. The fourth-order valence-corrected chi connectivity index (χ4v) is 1.56. The zero-order chi connectivity index (χ0) is 13.0. The third-order valence-corrected chi connectivity index (χ3v) is 2.57. The molecule has 6 heteroatoms. The highest BCUT2D eigenvalue weighted by Gasteiger charge is 2.08. The van der Waals surface area contributed by atoms with Crippen molar-refractivity contribution in [3.8, 4) is 0 Å². The van der Waals surface area contributed by atoms with Crippen LogP contribution in [0.1, 0.15) is 21.6 Å². The van der Waals surface area contributed by atoms with Crippen LogP contribution in [0.5, 0.6) is 0 Å². The van der Waals surface area contributed by atoms with Crippen molar-refractivity contribution in [2.75, 3.05) is 0 Å². The third-order valence-electron chi connectivity index (χ3n) is 2.34. The largest absolute Gasteiger partial charge is 0.389 e. The molecule has 0 fully saturated rings. The summed E-state index contributed by atoms with van der Waals surface area (Å²) in [5, 5.41) is 6.27. The maximum Gasteiger partial charge on any atom is 0.273 e. The quantitative estimate of drug-likeness (QED) is 0.809. The van der Waals surface area contributed by atoms with Gasteiger partial charge in [-0.1, -0.05) is 35.6 Å². The van der Waals surface area contributed by atoms with Gasteiger partial charge < -0.3 is 15.6 Å². The molecule has 0 unspecified atom stereocenters. The number of carbonyl (C=O) groups is 1. The summed E-state index contributed by atoms with van der Waals surface area (Å²) >= 11 is 4.89. The summed E-state index contributed by atoms with van der Waals surface area (Å²) in [6.07, 6.45) is 1.35. The van der Waals surface area contributed by atoms with Crippen LogP contribution >= 0.6 is 12.2 Å². The molecule has 5 nitrogen and oxygen atoms in total. The lowest BCUT2D eigenvalue weighted by Crippen LogP contribution is -2.23. The maximum absolute atomic E-state index is 11.6. The van der Waals surface area contributed by atoms with E-state index in [0.29, 0.717) is 11.5 Å². The van der Waals surface area contributed by atoms with Crippen molar-refractivity contribution in [1.29, 1.82) is 0 Å². The molecule has 1 aromatic heterocycles. The van der Waals surface area contributed by atoms with Gasteiger partial charge >= 0.3 is 0 Å². The first kappa shape index (κ1) is 12.3. The van der Waals surface area contributed by atoms with E-state index in [1.165, 1.54) is 12.3 Å². The van der Waals surface area contributed by atoms with Gasteiger partial charge in [0.2, 0.25) is 0 Å². The Morgan fingerprint density at radius 3 is 2.94 bits per heavy atom. The Hall–Kier alpha value is -2.21. The van der Waals surface area contributed by atoms with E-state index >= 15 is 0 Å². The van der Waals surface area contributed by atoms with Gasteiger partial charge in [0.25, 0.3) is 5.91 Å². The Kier molecular flexibility index (Phi) is 3.69. The van der Waals surface area contributed by atoms with Crippen LogP contribution in [0.25, 0.3) is 0 Å². The molecular weight excluding hydrogens is 250 g/mol. The van der Waals surface area contributed by atoms with Crippen LogP contribution in [0.2, 0.25) is 0 Å². The molecule has 0 spiro atoms. The topological polar surface area (TPSA) is 81.1 Å². The fraction of sp³-hybridized carbons (Fsp3) is 0.0833. The third kappa shape index (κ3) is 2.92. The van der Waals surface area contributed by atoms with Crippen molar-refractivity contribution < 1.29 is 9.32 Å². The van der Waals surface area contributed by atoms with E-state index in [0.717, 1.165) is 11.1 Å². The van der Waals surface area contributed by atoms with Crippen molar-refractivity contribution in [2.24, 2.45) is 5.73 Å². The first-order chi connectivity index (χ1) is 8.66. The minimum absolute atomic E-state index is 0.250. The number of nitrogens with one attached hydrogen (secondary N) is 1. The minimum Gasteiger partial charge on any atom is -0.389 e. The second-order valence-corrected chi connectivity index (χ2v) is 4.07. The summed E-state index contributed by atoms with van der Waals surface area (Å²) in [6, 6.07) is 8.88. The van der Waals surface area contributed by atoms with E-state index in [4.69, 9.17) is 18.0 Å². The van der Waals surface area contributed by atoms with E-state index in [1.54, 1.807) is 0 Å². The van der Waals surface area contributed by atoms with Crippen LogP contribution in [0.4, 0.5) is 0 Å². The van der Waals surface area contributed by atoms with Gasteiger partial charge in [0.05, 0.1) is 0 Å². The van der Waals surface area contributed by atoms with E-state index < -0.39 is 0 Å². The fourth-order valence-electron chi connectivity index (χ4n) is 1.44. The predicted molar refractivity (Wildman–Crippen MR) is 70.0 cm³/mol. The van der Waals surface area contributed by atoms with Gasteiger partial charge in [-0.25, -0.2) is 0 Å². The van der Waals surface area contributed by atoms with Crippen LogP contribution < -0.4 is 11.1 Å². The molecule has 1 aromatic carbocycles. The Morgan fingerprint density at radius 1 is 1.44 bits per heavy atom. The van der Waals surface area contributed by atoms with Gasteiger partial charge in [-0.3, -0.25) is 4.79 Å². The Morgan fingerprint density at radius 2 is 2.28 bits per heavy atom. The number of benzene rings is 1. The van der Waals surface area contributed by atoms with Crippen LogP contribution in [0.3, 0.4) is 0 Å². The van der Waals surface area contributed by atoms with E-state index in [-0.39, 0.29) is 11.6 Å². The Balaban J connectivity index is 2.00. The number of hydrogen-bond donors (Lipinski definition) is 2. The maximum atomic E-state index is 11.6. The molecule has 1 amide bonds. The molecule has 0 atom stereocenters. The van der Waals surface area contributed by atoms with Gasteiger partial charge in [0.1, 0.15) is 11.3 Å². The Bertz CT molecular complexity index is 566. The molecule has 92 valence electrons. The highest BCUT2D eigenvalue weighted by molar-refractivity contribution is 7.80. The zero-order valence-electron chi connectivity index (χ0n) is 9.42. The second-order valence-electron chi connectivity index (χ2n) is 3.63. The van der Waals surface area contributed by atoms with E-state index in [2.05, 4.69) is 15.0 Å². The van der Waals surface area contributed by atoms with Crippen molar-refractivity contribution in [2.45, 2.75) is 6.54 Å². The molecule has 0 bridgehead atoms. The Labute approximate surface area is 109 Å². The lowest BCUT2D eigenvalue weighted by atomic mass is 10.1. The number of amides is 1. The van der Waals surface area contributed by atoms with Crippen molar-refractivity contribution in [3.63, 3.8) is 0 Å². The second kappa shape index (κ2) is 5.42. The number of aromatic nitrogens is 1. The van der Waals surface area contributed by atoms with Gasteiger partial charge in [-0.15, -0.1) is 0 Å². The zero-order valence-corrected chi connectivity index (χ0v) is 10.2. The number of nitrogens with two attached hydrogens (primary N) is 1. The van der Waals surface area contributed by atoms with Crippen molar-refractivity contribution >= 4 is 23.1 Å². The van der Waals surface area contributed by atoms with Crippen LogP contribution in [-0.4, -0.2) is 16.1 Å². The summed E-state index contributed by atoms with van der Waals surface area (Å²) in [4.78, 5) is 11.9. The number of hydrogen-bond acceptors (Lipinski definition) is 4. The number of rotatable bonds is 4. The standard InChI is InChI=1S/C12H11N3O2S/c13-11(18)9-3-1-2-8(6-9)7-14-12(16)10-4-5-17-15-10/h1-6H,7H2,(H2,13,18)(H,14,16). The number of nitrogens with zero attached hydrogens (tertiary/aromatic N) is 1. The summed E-state index contributed by atoms with van der Waals surface area (Å²) in [6.45, 7) is 0.377. The van der Waals surface area contributed by atoms with Crippen molar-refractivity contribution in [1.82, 2.24) is 10.5 Å². The average molecular weight is 261 g/mol. The monoisotopic (exact) mass is 261 g/mol. The minimum atomic E-state index is -0.288. The van der Waals surface area contributed by atoms with Crippen LogP contribution in [0.15, 0.2) is 41.1 Å².